The molecule has 27 heavy (non-hydrogen) atoms. The second-order valence-corrected chi connectivity index (χ2v) is 7.28. The number of fused-ring (bicyclic) bond motifs is 1. The third kappa shape index (κ3) is 3.17. The molecule has 0 bridgehead atoms. The molecular weight excluding hydrogens is 394 g/mol. The molecule has 0 saturated heterocycles. The van der Waals surface area contributed by atoms with E-state index in [9.17, 15) is 0 Å². The Morgan fingerprint density at radius 3 is 2.26 bits per heavy atom. The van der Waals surface area contributed by atoms with Gasteiger partial charge < -0.3 is 4.57 Å². The normalized spacial score (nSPS) is 11.3. The number of benzene rings is 3. The highest BCUT2D eigenvalue weighted by Gasteiger charge is 2.13. The van der Waals surface area contributed by atoms with Crippen molar-refractivity contribution >= 4 is 39.0 Å². The fourth-order valence-corrected chi connectivity index (χ4v) is 4.14. The predicted molar refractivity (Wildman–Crippen MR) is 121 cm³/mol. The molecule has 0 N–H and O–H groups in total. The summed E-state index contributed by atoms with van der Waals surface area (Å²) in [5, 5.41) is 1.20. The molecule has 4 rings (SSSR count). The van der Waals surface area contributed by atoms with Crippen LogP contribution in [0.5, 0.6) is 0 Å². The van der Waals surface area contributed by atoms with Gasteiger partial charge in [0.2, 0.25) is 0 Å². The molecule has 0 radical (unpaired) electrons. The van der Waals surface area contributed by atoms with Gasteiger partial charge in [-0.2, -0.15) is 0 Å². The number of halogens is 1. The van der Waals surface area contributed by atoms with Gasteiger partial charge in [0.25, 0.3) is 0 Å². The monoisotopic (exact) mass is 413 g/mol. The Morgan fingerprint density at radius 2 is 1.59 bits per heavy atom. The molecule has 0 unspecified atom stereocenters. The lowest BCUT2D eigenvalue weighted by Crippen LogP contribution is -1.96. The van der Waals surface area contributed by atoms with E-state index < -0.39 is 0 Å². The van der Waals surface area contributed by atoms with Crippen molar-refractivity contribution < 1.29 is 0 Å². The van der Waals surface area contributed by atoms with Crippen LogP contribution in [0.1, 0.15) is 18.1 Å². The van der Waals surface area contributed by atoms with Crippen molar-refractivity contribution in [2.45, 2.75) is 6.92 Å². The van der Waals surface area contributed by atoms with Crippen LogP contribution in [0.3, 0.4) is 0 Å². The zero-order valence-corrected chi connectivity index (χ0v) is 16.8. The molecular formula is C25H20BrN. The van der Waals surface area contributed by atoms with E-state index in [0.29, 0.717) is 0 Å². The molecule has 1 heterocycles. The summed E-state index contributed by atoms with van der Waals surface area (Å²) < 4.78 is 3.31. The molecule has 0 aliphatic rings. The van der Waals surface area contributed by atoms with E-state index >= 15 is 0 Å². The van der Waals surface area contributed by atoms with E-state index in [4.69, 9.17) is 0 Å². The van der Waals surface area contributed by atoms with E-state index in [0.717, 1.165) is 15.7 Å². The molecule has 132 valence electrons. The van der Waals surface area contributed by atoms with Crippen LogP contribution < -0.4 is 0 Å². The van der Waals surface area contributed by atoms with Crippen LogP contribution >= 0.6 is 15.9 Å². The summed E-state index contributed by atoms with van der Waals surface area (Å²) in [6.45, 7) is 6.04. The van der Waals surface area contributed by atoms with Gasteiger partial charge in [0.1, 0.15) is 0 Å². The van der Waals surface area contributed by atoms with Crippen molar-refractivity contribution in [1.29, 1.82) is 0 Å². The molecule has 1 aromatic heterocycles. The average molecular weight is 414 g/mol. The second-order valence-electron chi connectivity index (χ2n) is 6.43. The smallest absolute Gasteiger partial charge is 0.0607 e. The van der Waals surface area contributed by atoms with Crippen LogP contribution in [0.2, 0.25) is 0 Å². The Balaban J connectivity index is 1.88. The Bertz CT molecular complexity index is 1130. The summed E-state index contributed by atoms with van der Waals surface area (Å²) in [5.74, 6) is 0. The zero-order valence-electron chi connectivity index (χ0n) is 15.2. The van der Waals surface area contributed by atoms with Crippen LogP contribution in [0, 0.1) is 0 Å². The third-order valence-electron chi connectivity index (χ3n) is 4.79. The van der Waals surface area contributed by atoms with E-state index in [1.807, 2.05) is 19.1 Å². The van der Waals surface area contributed by atoms with Crippen molar-refractivity contribution in [3.8, 4) is 16.8 Å². The van der Waals surface area contributed by atoms with Crippen LogP contribution in [-0.4, -0.2) is 4.57 Å². The highest BCUT2D eigenvalue weighted by atomic mass is 79.9. The molecule has 0 spiro atoms. The number of aromatic nitrogens is 1. The van der Waals surface area contributed by atoms with Gasteiger partial charge >= 0.3 is 0 Å². The minimum atomic E-state index is 1.07. The maximum Gasteiger partial charge on any atom is 0.0607 e. The van der Waals surface area contributed by atoms with Gasteiger partial charge in [0, 0.05) is 27.3 Å². The van der Waals surface area contributed by atoms with Crippen molar-refractivity contribution in [3.63, 3.8) is 0 Å². The maximum absolute atomic E-state index is 4.00. The highest BCUT2D eigenvalue weighted by molar-refractivity contribution is 9.10. The highest BCUT2D eigenvalue weighted by Crippen LogP contribution is 2.34. The van der Waals surface area contributed by atoms with E-state index in [2.05, 4.69) is 106 Å². The van der Waals surface area contributed by atoms with Crippen molar-refractivity contribution in [2.24, 2.45) is 0 Å². The molecule has 0 atom stereocenters. The summed E-state index contributed by atoms with van der Waals surface area (Å²) in [6, 6.07) is 23.5. The lowest BCUT2D eigenvalue weighted by molar-refractivity contribution is 1.13. The number of allylic oxidation sites excluding steroid dienone is 1. The van der Waals surface area contributed by atoms with Gasteiger partial charge in [-0.25, -0.2) is 0 Å². The Morgan fingerprint density at radius 1 is 0.889 bits per heavy atom. The number of rotatable bonds is 4. The van der Waals surface area contributed by atoms with Gasteiger partial charge in [-0.3, -0.25) is 0 Å². The van der Waals surface area contributed by atoms with Crippen LogP contribution in [0.15, 0.2) is 90.1 Å². The van der Waals surface area contributed by atoms with Crippen LogP contribution in [0.4, 0.5) is 0 Å². The quantitative estimate of drug-likeness (QED) is 0.322. The molecule has 0 amide bonds. The predicted octanol–water partition coefficient (Wildman–Crippen LogP) is 7.74. The lowest BCUT2D eigenvalue weighted by atomic mass is 10.0. The lowest BCUT2D eigenvalue weighted by Gasteiger charge is -2.13. The van der Waals surface area contributed by atoms with Gasteiger partial charge in [0.15, 0.2) is 0 Å². The average Bonchev–Trinajstić information content (AvgIpc) is 3.12. The van der Waals surface area contributed by atoms with E-state index in [1.54, 1.807) is 0 Å². The number of nitrogens with zero attached hydrogens (tertiary/aromatic N) is 1. The Hall–Kier alpha value is -2.84. The molecule has 0 fully saturated rings. The summed E-state index contributed by atoms with van der Waals surface area (Å²) in [7, 11) is 0. The first kappa shape index (κ1) is 17.6. The molecule has 4 aromatic rings. The fraction of sp³-hybridized carbons (Fsp3) is 0.0400. The Kier molecular flexibility index (Phi) is 4.83. The molecule has 0 aliphatic heterocycles. The number of hydrogen-bond donors (Lipinski definition) is 0. The summed E-state index contributed by atoms with van der Waals surface area (Å²) in [6.07, 6.45) is 8.27. The third-order valence-corrected chi connectivity index (χ3v) is 5.45. The van der Waals surface area contributed by atoms with Gasteiger partial charge in [-0.15, -0.1) is 0 Å². The van der Waals surface area contributed by atoms with Gasteiger partial charge in [-0.1, -0.05) is 83.2 Å². The topological polar surface area (TPSA) is 4.93 Å². The largest absolute Gasteiger partial charge is 0.316 e. The van der Waals surface area contributed by atoms with Crippen molar-refractivity contribution in [3.05, 3.63) is 101 Å². The minimum absolute atomic E-state index is 1.07. The van der Waals surface area contributed by atoms with Crippen LogP contribution in [-0.2, 0) is 0 Å². The summed E-state index contributed by atoms with van der Waals surface area (Å²) >= 11 is 3.68. The first-order valence-corrected chi connectivity index (χ1v) is 9.77. The molecule has 2 heteroatoms. The zero-order chi connectivity index (χ0) is 18.8. The van der Waals surface area contributed by atoms with Crippen molar-refractivity contribution in [2.75, 3.05) is 0 Å². The number of hydrogen-bond acceptors (Lipinski definition) is 0. The maximum atomic E-state index is 4.00. The second kappa shape index (κ2) is 7.42. The van der Waals surface area contributed by atoms with E-state index in [-0.39, 0.29) is 0 Å². The standard InChI is InChI=1S/C25H20BrN/c1-3-8-23-22(4-2)24(26)17-20-15-16-27(25(20)23)21-13-11-19(12-14-21)18-9-6-5-7-10-18/h3-17H,2H2,1H3/b8-3-. The van der Waals surface area contributed by atoms with Gasteiger partial charge in [0.05, 0.1) is 5.52 Å². The SMILES string of the molecule is C=Cc1c(Br)cc2ccn(-c3ccc(-c4ccccc4)cc3)c2c1/C=C\C. The molecule has 0 saturated carbocycles. The first-order valence-electron chi connectivity index (χ1n) is 8.97. The van der Waals surface area contributed by atoms with Crippen molar-refractivity contribution in [1.82, 2.24) is 4.57 Å². The van der Waals surface area contributed by atoms with Gasteiger partial charge in [-0.05, 0) is 47.9 Å². The van der Waals surface area contributed by atoms with E-state index in [1.165, 1.54) is 27.6 Å². The molecule has 1 nitrogen and oxygen atoms in total. The summed E-state index contributed by atoms with van der Waals surface area (Å²) in [5.41, 5.74) is 7.08. The molecule has 3 aromatic carbocycles. The minimum Gasteiger partial charge on any atom is -0.316 e. The molecule has 0 aliphatic carbocycles. The summed E-state index contributed by atoms with van der Waals surface area (Å²) in [4.78, 5) is 0. The Labute approximate surface area is 168 Å². The fourth-order valence-electron chi connectivity index (χ4n) is 3.52. The first-order chi connectivity index (χ1) is 13.2. The van der Waals surface area contributed by atoms with Crippen LogP contribution in [0.25, 0.3) is 39.9 Å².